The Bertz CT molecular complexity index is 597. The summed E-state index contributed by atoms with van der Waals surface area (Å²) in [4.78, 5) is 10.9. The number of anilines is 1. The molecule has 2 rings (SSSR count). The average molecular weight is 262 g/mol. The van der Waals surface area contributed by atoms with Gasteiger partial charge in [-0.15, -0.1) is 0 Å². The van der Waals surface area contributed by atoms with Gasteiger partial charge >= 0.3 is 0 Å². The quantitative estimate of drug-likeness (QED) is 0.890. The Balaban J connectivity index is 2.06. The van der Waals surface area contributed by atoms with Crippen LogP contribution in [0.15, 0.2) is 42.5 Å². The first-order valence-corrected chi connectivity index (χ1v) is 5.64. The molecule has 0 aliphatic carbocycles. The summed E-state index contributed by atoms with van der Waals surface area (Å²) in [5.74, 6) is -2.30. The molecule has 0 bridgehead atoms. The molecule has 0 radical (unpaired) electrons. The third-order valence-corrected chi connectivity index (χ3v) is 2.67. The van der Waals surface area contributed by atoms with E-state index in [4.69, 9.17) is 5.73 Å². The van der Waals surface area contributed by atoms with E-state index in [1.165, 1.54) is 12.1 Å². The lowest BCUT2D eigenvalue weighted by atomic mass is 10.1. The second-order valence-electron chi connectivity index (χ2n) is 4.02. The molecule has 0 saturated heterocycles. The molecule has 3 N–H and O–H groups in total. The first-order chi connectivity index (χ1) is 9.08. The minimum atomic E-state index is -0.906. The van der Waals surface area contributed by atoms with Gasteiger partial charge in [0.25, 0.3) is 0 Å². The van der Waals surface area contributed by atoms with Gasteiger partial charge in [0.15, 0.2) is 11.6 Å². The highest BCUT2D eigenvalue weighted by Crippen LogP contribution is 2.17. The molecular formula is C14H12F2N2O. The first-order valence-electron chi connectivity index (χ1n) is 5.64. The normalized spacial score (nSPS) is 10.2. The zero-order valence-corrected chi connectivity index (χ0v) is 9.99. The number of halogens is 2. The monoisotopic (exact) mass is 262 g/mol. The number of nitrogens with two attached hydrogens (primary N) is 1. The van der Waals surface area contributed by atoms with E-state index in [1.54, 1.807) is 24.3 Å². The fraction of sp³-hybridized carbons (Fsp3) is 0.0714. The Kier molecular flexibility index (Phi) is 3.75. The smallest absolute Gasteiger partial charge is 0.248 e. The number of rotatable bonds is 4. The van der Waals surface area contributed by atoms with Crippen LogP contribution < -0.4 is 11.1 Å². The van der Waals surface area contributed by atoms with Crippen molar-refractivity contribution in [2.75, 3.05) is 5.32 Å². The Morgan fingerprint density at radius 3 is 2.42 bits per heavy atom. The summed E-state index contributed by atoms with van der Waals surface area (Å²) in [6, 6.07) is 10.5. The predicted octanol–water partition coefficient (Wildman–Crippen LogP) is 2.68. The highest BCUT2D eigenvalue weighted by molar-refractivity contribution is 5.92. The molecule has 2 aromatic rings. The van der Waals surface area contributed by atoms with E-state index < -0.39 is 17.5 Å². The number of amides is 1. The number of hydrogen-bond acceptors (Lipinski definition) is 2. The maximum Gasteiger partial charge on any atom is 0.248 e. The highest BCUT2D eigenvalue weighted by Gasteiger charge is 2.07. The van der Waals surface area contributed by atoms with E-state index in [0.717, 1.165) is 11.6 Å². The van der Waals surface area contributed by atoms with Crippen LogP contribution in [0.2, 0.25) is 0 Å². The van der Waals surface area contributed by atoms with Crippen molar-refractivity contribution in [1.29, 1.82) is 0 Å². The minimum absolute atomic E-state index is 0.0963. The maximum atomic E-state index is 13.4. The van der Waals surface area contributed by atoms with Gasteiger partial charge < -0.3 is 11.1 Å². The number of benzene rings is 2. The van der Waals surface area contributed by atoms with E-state index >= 15 is 0 Å². The van der Waals surface area contributed by atoms with E-state index in [2.05, 4.69) is 5.32 Å². The third kappa shape index (κ3) is 3.07. The number of primary amides is 1. The van der Waals surface area contributed by atoms with Gasteiger partial charge in [-0.05, 0) is 29.8 Å². The molecule has 0 saturated carbocycles. The molecule has 0 aromatic heterocycles. The molecule has 0 fully saturated rings. The predicted molar refractivity (Wildman–Crippen MR) is 68.6 cm³/mol. The van der Waals surface area contributed by atoms with E-state index in [0.29, 0.717) is 12.1 Å². The van der Waals surface area contributed by atoms with E-state index in [1.807, 2.05) is 0 Å². The van der Waals surface area contributed by atoms with Crippen LogP contribution in [0.5, 0.6) is 0 Å². The van der Waals surface area contributed by atoms with E-state index in [9.17, 15) is 13.6 Å². The number of nitrogens with one attached hydrogen (secondary N) is 1. The summed E-state index contributed by atoms with van der Waals surface area (Å²) >= 11 is 0. The largest absolute Gasteiger partial charge is 0.379 e. The average Bonchev–Trinajstić information content (AvgIpc) is 2.41. The molecule has 5 heteroatoms. The zero-order chi connectivity index (χ0) is 13.8. The van der Waals surface area contributed by atoms with Crippen molar-refractivity contribution in [1.82, 2.24) is 0 Å². The fourth-order valence-corrected chi connectivity index (χ4v) is 1.62. The molecule has 1 amide bonds. The van der Waals surface area contributed by atoms with Crippen molar-refractivity contribution in [2.45, 2.75) is 6.54 Å². The summed E-state index contributed by atoms with van der Waals surface area (Å²) in [6.45, 7) is 0.319. The molecule has 3 nitrogen and oxygen atoms in total. The van der Waals surface area contributed by atoms with Crippen molar-refractivity contribution in [3.8, 4) is 0 Å². The molecule has 0 unspecified atom stereocenters. The van der Waals surface area contributed by atoms with Crippen LogP contribution in [0.4, 0.5) is 14.5 Å². The molecule has 0 aliphatic heterocycles. The van der Waals surface area contributed by atoms with Crippen LogP contribution in [-0.4, -0.2) is 5.91 Å². The summed E-state index contributed by atoms with van der Waals surface area (Å²) in [5.41, 5.74) is 6.45. The Morgan fingerprint density at radius 1 is 1.11 bits per heavy atom. The Hall–Kier alpha value is -2.43. The van der Waals surface area contributed by atoms with Gasteiger partial charge in [-0.1, -0.05) is 18.2 Å². The molecule has 0 atom stereocenters. The van der Waals surface area contributed by atoms with Gasteiger partial charge in [0.2, 0.25) is 5.91 Å². The van der Waals surface area contributed by atoms with Crippen LogP contribution in [0.3, 0.4) is 0 Å². The van der Waals surface area contributed by atoms with Crippen molar-refractivity contribution in [3.63, 3.8) is 0 Å². The van der Waals surface area contributed by atoms with Crippen molar-refractivity contribution in [2.24, 2.45) is 5.73 Å². The van der Waals surface area contributed by atoms with Crippen LogP contribution in [0, 0.1) is 11.6 Å². The SMILES string of the molecule is NC(=O)c1ccc(CNc2cccc(F)c2F)cc1. The van der Waals surface area contributed by atoms with Crippen LogP contribution >= 0.6 is 0 Å². The molecule has 0 spiro atoms. The van der Waals surface area contributed by atoms with Crippen LogP contribution in [0.25, 0.3) is 0 Å². The second kappa shape index (κ2) is 5.48. The summed E-state index contributed by atoms with van der Waals surface area (Å²) < 4.78 is 26.4. The topological polar surface area (TPSA) is 55.1 Å². The molecule has 0 heterocycles. The number of carbonyl (C=O) groups excluding carboxylic acids is 1. The van der Waals surface area contributed by atoms with Crippen molar-refractivity contribution in [3.05, 3.63) is 65.2 Å². The summed E-state index contributed by atoms with van der Waals surface area (Å²) in [5, 5.41) is 2.79. The van der Waals surface area contributed by atoms with Gasteiger partial charge in [0, 0.05) is 12.1 Å². The lowest BCUT2D eigenvalue weighted by Gasteiger charge is -2.08. The zero-order valence-electron chi connectivity index (χ0n) is 9.99. The lowest BCUT2D eigenvalue weighted by Crippen LogP contribution is -2.11. The Labute approximate surface area is 109 Å². The molecular weight excluding hydrogens is 250 g/mol. The number of hydrogen-bond donors (Lipinski definition) is 2. The lowest BCUT2D eigenvalue weighted by molar-refractivity contribution is 0.100. The van der Waals surface area contributed by atoms with Gasteiger partial charge in [-0.25, -0.2) is 8.78 Å². The maximum absolute atomic E-state index is 13.4. The molecule has 19 heavy (non-hydrogen) atoms. The summed E-state index contributed by atoms with van der Waals surface area (Å²) in [7, 11) is 0. The van der Waals surface area contributed by atoms with Gasteiger partial charge in [0.1, 0.15) is 0 Å². The molecule has 0 aliphatic rings. The first kappa shape index (κ1) is 13.0. The van der Waals surface area contributed by atoms with Crippen molar-refractivity contribution < 1.29 is 13.6 Å². The standard InChI is InChI=1S/C14H12F2N2O/c15-11-2-1-3-12(13(11)16)18-8-9-4-6-10(7-5-9)14(17)19/h1-7,18H,8H2,(H2,17,19). The highest BCUT2D eigenvalue weighted by atomic mass is 19.2. The van der Waals surface area contributed by atoms with E-state index in [-0.39, 0.29) is 5.69 Å². The second-order valence-corrected chi connectivity index (χ2v) is 4.02. The Morgan fingerprint density at radius 2 is 1.79 bits per heavy atom. The number of carbonyl (C=O) groups is 1. The van der Waals surface area contributed by atoms with Gasteiger partial charge in [-0.2, -0.15) is 0 Å². The molecule has 2 aromatic carbocycles. The van der Waals surface area contributed by atoms with Gasteiger partial charge in [0.05, 0.1) is 5.69 Å². The summed E-state index contributed by atoms with van der Waals surface area (Å²) in [6.07, 6.45) is 0. The van der Waals surface area contributed by atoms with Gasteiger partial charge in [-0.3, -0.25) is 4.79 Å². The molecule has 98 valence electrons. The fourth-order valence-electron chi connectivity index (χ4n) is 1.62. The van der Waals surface area contributed by atoms with Crippen LogP contribution in [0.1, 0.15) is 15.9 Å². The van der Waals surface area contributed by atoms with Crippen LogP contribution in [-0.2, 0) is 6.54 Å². The third-order valence-electron chi connectivity index (χ3n) is 2.67. The van der Waals surface area contributed by atoms with Crippen molar-refractivity contribution >= 4 is 11.6 Å². The minimum Gasteiger partial charge on any atom is -0.379 e.